The van der Waals surface area contributed by atoms with Gasteiger partial charge in [0.2, 0.25) is 5.88 Å². The summed E-state index contributed by atoms with van der Waals surface area (Å²) in [5, 5.41) is 4.44. The Balaban J connectivity index is 2.01. The van der Waals surface area contributed by atoms with E-state index in [0.29, 0.717) is 17.3 Å². The molecule has 0 bridgehead atoms. The average molecular weight is 266 g/mol. The Labute approximate surface area is 116 Å². The number of aromatic nitrogens is 3. The SMILES string of the molecule is Cc1cc(Oc2ccncc2N)n(-c2ccccc2)n1. The fraction of sp³-hybridized carbons (Fsp3) is 0.0667. The molecule has 0 aliphatic heterocycles. The van der Waals surface area contributed by atoms with E-state index in [2.05, 4.69) is 10.1 Å². The van der Waals surface area contributed by atoms with E-state index in [0.717, 1.165) is 11.4 Å². The topological polar surface area (TPSA) is 66.0 Å². The number of rotatable bonds is 3. The Hall–Kier alpha value is -2.82. The summed E-state index contributed by atoms with van der Waals surface area (Å²) in [6.07, 6.45) is 3.20. The summed E-state index contributed by atoms with van der Waals surface area (Å²) in [5.74, 6) is 1.18. The van der Waals surface area contributed by atoms with Gasteiger partial charge in [0.05, 0.1) is 23.3 Å². The van der Waals surface area contributed by atoms with Crippen molar-refractivity contribution < 1.29 is 4.74 Å². The number of nitrogens with zero attached hydrogens (tertiary/aromatic N) is 3. The van der Waals surface area contributed by atoms with Gasteiger partial charge < -0.3 is 10.5 Å². The Bertz CT molecular complexity index is 722. The molecule has 5 nitrogen and oxygen atoms in total. The van der Waals surface area contributed by atoms with Crippen LogP contribution in [0.1, 0.15) is 5.69 Å². The van der Waals surface area contributed by atoms with Gasteiger partial charge in [-0.15, -0.1) is 0 Å². The Kier molecular flexibility index (Phi) is 3.09. The second-order valence-electron chi connectivity index (χ2n) is 4.39. The van der Waals surface area contributed by atoms with Crippen molar-refractivity contribution in [3.8, 4) is 17.3 Å². The van der Waals surface area contributed by atoms with Crippen LogP contribution in [0.2, 0.25) is 0 Å². The van der Waals surface area contributed by atoms with Gasteiger partial charge in [-0.3, -0.25) is 4.98 Å². The van der Waals surface area contributed by atoms with Crippen molar-refractivity contribution in [3.05, 3.63) is 60.6 Å². The maximum Gasteiger partial charge on any atom is 0.222 e. The lowest BCUT2D eigenvalue weighted by Gasteiger charge is -2.09. The number of anilines is 1. The first kappa shape index (κ1) is 12.2. The fourth-order valence-electron chi connectivity index (χ4n) is 1.90. The minimum atomic E-state index is 0.492. The number of nitrogens with two attached hydrogens (primary N) is 1. The van der Waals surface area contributed by atoms with Crippen LogP contribution in [0.3, 0.4) is 0 Å². The third kappa shape index (κ3) is 2.33. The van der Waals surface area contributed by atoms with Gasteiger partial charge in [-0.2, -0.15) is 5.10 Å². The predicted octanol–water partition coefficient (Wildman–Crippen LogP) is 2.95. The molecule has 0 amide bonds. The van der Waals surface area contributed by atoms with Crippen LogP contribution in [-0.2, 0) is 0 Å². The third-order valence-corrected chi connectivity index (χ3v) is 2.82. The van der Waals surface area contributed by atoms with Crippen molar-refractivity contribution in [1.82, 2.24) is 14.8 Å². The largest absolute Gasteiger partial charge is 0.437 e. The fourth-order valence-corrected chi connectivity index (χ4v) is 1.90. The molecule has 5 heteroatoms. The monoisotopic (exact) mass is 266 g/mol. The molecule has 0 aliphatic carbocycles. The van der Waals surface area contributed by atoms with E-state index in [9.17, 15) is 0 Å². The molecule has 0 radical (unpaired) electrons. The number of ether oxygens (including phenoxy) is 1. The Morgan fingerprint density at radius 2 is 1.95 bits per heavy atom. The van der Waals surface area contributed by atoms with Crippen LogP contribution >= 0.6 is 0 Å². The second kappa shape index (κ2) is 5.05. The highest BCUT2D eigenvalue weighted by Gasteiger charge is 2.11. The number of hydrogen-bond donors (Lipinski definition) is 1. The lowest BCUT2D eigenvalue weighted by molar-refractivity contribution is 0.446. The van der Waals surface area contributed by atoms with Crippen molar-refractivity contribution >= 4 is 5.69 Å². The summed E-state index contributed by atoms with van der Waals surface area (Å²) in [7, 11) is 0. The first-order valence-corrected chi connectivity index (χ1v) is 6.23. The lowest BCUT2D eigenvalue weighted by atomic mass is 10.3. The van der Waals surface area contributed by atoms with Crippen molar-refractivity contribution in [3.63, 3.8) is 0 Å². The lowest BCUT2D eigenvalue weighted by Crippen LogP contribution is -2.00. The van der Waals surface area contributed by atoms with Crippen molar-refractivity contribution in [2.75, 3.05) is 5.73 Å². The molecule has 2 heterocycles. The molecule has 2 aromatic heterocycles. The van der Waals surface area contributed by atoms with Crippen LogP contribution < -0.4 is 10.5 Å². The van der Waals surface area contributed by atoms with E-state index in [-0.39, 0.29) is 0 Å². The molecule has 1 aromatic carbocycles. The highest BCUT2D eigenvalue weighted by molar-refractivity contribution is 5.51. The molecule has 0 spiro atoms. The number of nitrogen functional groups attached to an aromatic ring is 1. The summed E-state index contributed by atoms with van der Waals surface area (Å²) >= 11 is 0. The molecular formula is C15H14N4O. The van der Waals surface area contributed by atoms with Crippen LogP contribution in [0.15, 0.2) is 54.9 Å². The van der Waals surface area contributed by atoms with Gasteiger partial charge in [0.25, 0.3) is 0 Å². The molecule has 0 aliphatic rings. The zero-order chi connectivity index (χ0) is 13.9. The van der Waals surface area contributed by atoms with Gasteiger partial charge in [0, 0.05) is 18.3 Å². The van der Waals surface area contributed by atoms with E-state index in [1.807, 2.05) is 43.3 Å². The average Bonchev–Trinajstić information content (AvgIpc) is 2.83. The molecule has 20 heavy (non-hydrogen) atoms. The van der Waals surface area contributed by atoms with E-state index < -0.39 is 0 Å². The van der Waals surface area contributed by atoms with E-state index in [1.165, 1.54) is 0 Å². The maximum atomic E-state index is 5.85. The first-order chi connectivity index (χ1) is 9.74. The van der Waals surface area contributed by atoms with Gasteiger partial charge in [-0.05, 0) is 19.1 Å². The van der Waals surface area contributed by atoms with Gasteiger partial charge in [0.15, 0.2) is 5.75 Å². The standard InChI is InChI=1S/C15H14N4O/c1-11-9-15(20-14-7-8-17-10-13(14)16)19(18-11)12-5-3-2-4-6-12/h2-10H,16H2,1H3. The zero-order valence-electron chi connectivity index (χ0n) is 11.0. The first-order valence-electron chi connectivity index (χ1n) is 6.23. The minimum absolute atomic E-state index is 0.492. The number of pyridine rings is 1. The quantitative estimate of drug-likeness (QED) is 0.791. The third-order valence-electron chi connectivity index (χ3n) is 2.82. The molecule has 3 rings (SSSR count). The second-order valence-corrected chi connectivity index (χ2v) is 4.39. The van der Waals surface area contributed by atoms with E-state index in [1.54, 1.807) is 23.1 Å². The smallest absolute Gasteiger partial charge is 0.222 e. The number of aryl methyl sites for hydroxylation is 1. The summed E-state index contributed by atoms with van der Waals surface area (Å²) in [4.78, 5) is 3.94. The maximum absolute atomic E-state index is 5.85. The molecule has 0 atom stereocenters. The van der Waals surface area contributed by atoms with Crippen LogP contribution in [0.25, 0.3) is 5.69 Å². The summed E-state index contributed by atoms with van der Waals surface area (Å²) < 4.78 is 7.60. The molecule has 0 saturated carbocycles. The van der Waals surface area contributed by atoms with Crippen molar-refractivity contribution in [2.24, 2.45) is 0 Å². The highest BCUT2D eigenvalue weighted by atomic mass is 16.5. The molecule has 100 valence electrons. The molecule has 0 unspecified atom stereocenters. The zero-order valence-corrected chi connectivity index (χ0v) is 11.0. The van der Waals surface area contributed by atoms with Gasteiger partial charge >= 0.3 is 0 Å². The van der Waals surface area contributed by atoms with Gasteiger partial charge in [0.1, 0.15) is 0 Å². The van der Waals surface area contributed by atoms with E-state index in [4.69, 9.17) is 10.5 Å². The summed E-state index contributed by atoms with van der Waals surface area (Å²) in [6.45, 7) is 1.92. The minimum Gasteiger partial charge on any atom is -0.437 e. The van der Waals surface area contributed by atoms with Crippen molar-refractivity contribution in [2.45, 2.75) is 6.92 Å². The van der Waals surface area contributed by atoms with Crippen LogP contribution in [0.4, 0.5) is 5.69 Å². The Morgan fingerprint density at radius 1 is 1.15 bits per heavy atom. The molecule has 0 fully saturated rings. The summed E-state index contributed by atoms with van der Waals surface area (Å²) in [6, 6.07) is 13.4. The van der Waals surface area contributed by atoms with Crippen LogP contribution in [-0.4, -0.2) is 14.8 Å². The number of para-hydroxylation sites is 1. The molecular weight excluding hydrogens is 252 g/mol. The summed E-state index contributed by atoms with van der Waals surface area (Å²) in [5.41, 5.74) is 8.14. The number of hydrogen-bond acceptors (Lipinski definition) is 4. The number of benzene rings is 1. The highest BCUT2D eigenvalue weighted by Crippen LogP contribution is 2.28. The molecule has 3 aromatic rings. The Morgan fingerprint density at radius 3 is 2.70 bits per heavy atom. The van der Waals surface area contributed by atoms with Crippen molar-refractivity contribution in [1.29, 1.82) is 0 Å². The van der Waals surface area contributed by atoms with Gasteiger partial charge in [-0.1, -0.05) is 18.2 Å². The van der Waals surface area contributed by atoms with E-state index >= 15 is 0 Å². The van der Waals surface area contributed by atoms with Crippen LogP contribution in [0.5, 0.6) is 11.6 Å². The van der Waals surface area contributed by atoms with Gasteiger partial charge in [-0.25, -0.2) is 4.68 Å². The predicted molar refractivity (Wildman–Crippen MR) is 77.0 cm³/mol. The molecule has 2 N–H and O–H groups in total. The normalized spacial score (nSPS) is 10.4. The van der Waals surface area contributed by atoms with Crippen LogP contribution in [0, 0.1) is 6.92 Å². The molecule has 0 saturated heterocycles.